The molecule has 2 aromatic rings. The Balaban J connectivity index is 1.80. The molecule has 1 fully saturated rings. The van der Waals surface area contributed by atoms with Crippen molar-refractivity contribution in [2.24, 2.45) is 7.05 Å². The summed E-state index contributed by atoms with van der Waals surface area (Å²) in [5.41, 5.74) is 0.120. The van der Waals surface area contributed by atoms with Crippen LogP contribution in [-0.4, -0.2) is 41.7 Å². The lowest BCUT2D eigenvalue weighted by Gasteiger charge is -2.32. The Morgan fingerprint density at radius 3 is 2.76 bits per heavy atom. The van der Waals surface area contributed by atoms with E-state index in [4.69, 9.17) is 5.26 Å². The van der Waals surface area contributed by atoms with Gasteiger partial charge in [-0.2, -0.15) is 15.1 Å². The van der Waals surface area contributed by atoms with Crippen molar-refractivity contribution >= 4 is 21.7 Å². The van der Waals surface area contributed by atoms with E-state index in [0.717, 1.165) is 6.20 Å². The van der Waals surface area contributed by atoms with Crippen LogP contribution in [-0.2, 0) is 21.9 Å². The van der Waals surface area contributed by atoms with Gasteiger partial charge in [-0.25, -0.2) is 13.4 Å². The molecule has 1 amide bonds. The van der Waals surface area contributed by atoms with E-state index < -0.39 is 16.1 Å². The molecular weight excluding hydrogens is 344 g/mol. The smallest absolute Gasteiger partial charge is 0.246 e. The van der Waals surface area contributed by atoms with E-state index in [0.29, 0.717) is 25.2 Å². The van der Waals surface area contributed by atoms with Crippen molar-refractivity contribution in [2.45, 2.75) is 23.8 Å². The number of piperidine rings is 1. The molecule has 1 atom stereocenters. The number of sulfonamides is 1. The van der Waals surface area contributed by atoms with E-state index in [-0.39, 0.29) is 16.5 Å². The fourth-order valence-electron chi connectivity index (χ4n) is 2.70. The maximum atomic E-state index is 12.7. The van der Waals surface area contributed by atoms with Crippen LogP contribution in [0.25, 0.3) is 0 Å². The van der Waals surface area contributed by atoms with Crippen molar-refractivity contribution in [3.63, 3.8) is 0 Å². The quantitative estimate of drug-likeness (QED) is 0.829. The minimum absolute atomic E-state index is 0.0862. The van der Waals surface area contributed by atoms with Gasteiger partial charge in [-0.05, 0) is 25.0 Å². The van der Waals surface area contributed by atoms with E-state index in [1.165, 1.54) is 17.0 Å². The third-order valence-corrected chi connectivity index (χ3v) is 5.43. The Labute approximate surface area is 144 Å². The summed E-state index contributed by atoms with van der Waals surface area (Å²) in [7, 11) is -2.19. The van der Waals surface area contributed by atoms with Gasteiger partial charge in [0, 0.05) is 25.9 Å². The first-order chi connectivity index (χ1) is 11.9. The molecule has 25 heavy (non-hydrogen) atoms. The van der Waals surface area contributed by atoms with Crippen molar-refractivity contribution in [3.8, 4) is 6.07 Å². The summed E-state index contributed by atoms with van der Waals surface area (Å²) in [4.78, 5) is 17.9. The van der Waals surface area contributed by atoms with Crippen molar-refractivity contribution in [1.29, 1.82) is 5.26 Å². The highest BCUT2D eigenvalue weighted by Crippen LogP contribution is 2.21. The number of aromatic nitrogens is 3. The topological polar surface area (TPSA) is 121 Å². The lowest BCUT2D eigenvalue weighted by atomic mass is 10.1. The average Bonchev–Trinajstić information content (AvgIpc) is 3.02. The summed E-state index contributed by atoms with van der Waals surface area (Å²) in [6, 6.07) is 5.29. The van der Waals surface area contributed by atoms with Gasteiger partial charge in [0.25, 0.3) is 0 Å². The van der Waals surface area contributed by atoms with Crippen LogP contribution in [0, 0.1) is 11.3 Å². The Hall–Kier alpha value is -2.77. The number of hydrogen-bond acceptors (Lipinski definition) is 6. The van der Waals surface area contributed by atoms with E-state index in [1.54, 1.807) is 24.0 Å². The van der Waals surface area contributed by atoms with Crippen LogP contribution in [0.5, 0.6) is 0 Å². The molecular formula is C15H16N6O3S. The minimum Gasteiger partial charge on any atom is -0.296 e. The third-order valence-electron chi connectivity index (χ3n) is 3.97. The summed E-state index contributed by atoms with van der Waals surface area (Å²) in [6.07, 6.45) is 3.76. The van der Waals surface area contributed by atoms with Gasteiger partial charge >= 0.3 is 0 Å². The highest BCUT2D eigenvalue weighted by Gasteiger charge is 2.34. The Bertz CT molecular complexity index is 929. The van der Waals surface area contributed by atoms with Gasteiger partial charge in [0.2, 0.25) is 15.9 Å². The largest absolute Gasteiger partial charge is 0.296 e. The van der Waals surface area contributed by atoms with Crippen molar-refractivity contribution in [1.82, 2.24) is 19.5 Å². The third kappa shape index (κ3) is 3.38. The van der Waals surface area contributed by atoms with Crippen LogP contribution in [0.2, 0.25) is 0 Å². The molecule has 1 aliphatic rings. The number of nitrogens with one attached hydrogen (secondary N) is 1. The minimum atomic E-state index is -3.91. The summed E-state index contributed by atoms with van der Waals surface area (Å²) >= 11 is 0. The predicted octanol–water partition coefficient (Wildman–Crippen LogP) is 0.161. The number of carbonyl (C=O) groups is 1. The summed E-state index contributed by atoms with van der Waals surface area (Å²) < 4.78 is 29.0. The molecule has 0 saturated carbocycles. The molecule has 0 bridgehead atoms. The zero-order valence-corrected chi connectivity index (χ0v) is 14.3. The Morgan fingerprint density at radius 2 is 2.16 bits per heavy atom. The van der Waals surface area contributed by atoms with Crippen LogP contribution in [0.15, 0.2) is 35.5 Å². The molecule has 3 rings (SSSR count). The summed E-state index contributed by atoms with van der Waals surface area (Å²) in [5.74, 6) is 0.300. The molecule has 1 saturated heterocycles. The second-order valence-corrected chi connectivity index (χ2v) is 7.32. The van der Waals surface area contributed by atoms with E-state index in [1.807, 2.05) is 6.07 Å². The van der Waals surface area contributed by atoms with Crippen LogP contribution < -0.4 is 9.62 Å². The van der Waals surface area contributed by atoms with Gasteiger partial charge in [0.1, 0.15) is 28.5 Å². The fraction of sp³-hybridized carbons (Fsp3) is 0.333. The second kappa shape index (κ2) is 6.62. The summed E-state index contributed by atoms with van der Waals surface area (Å²) in [6.45, 7) is 0.509. The monoisotopic (exact) mass is 360 g/mol. The van der Waals surface area contributed by atoms with E-state index in [2.05, 4.69) is 14.8 Å². The maximum absolute atomic E-state index is 12.7. The van der Waals surface area contributed by atoms with Crippen molar-refractivity contribution in [2.75, 3.05) is 11.4 Å². The molecule has 1 N–H and O–H groups in total. The van der Waals surface area contributed by atoms with E-state index >= 15 is 0 Å². The van der Waals surface area contributed by atoms with Crippen molar-refractivity contribution in [3.05, 3.63) is 36.3 Å². The van der Waals surface area contributed by atoms with Crippen LogP contribution in [0.3, 0.4) is 0 Å². The van der Waals surface area contributed by atoms with Gasteiger partial charge in [-0.15, -0.1) is 0 Å². The number of carbonyl (C=O) groups excluding carboxylic acids is 1. The number of nitriles is 1. The van der Waals surface area contributed by atoms with Crippen LogP contribution in [0.4, 0.5) is 5.82 Å². The first kappa shape index (κ1) is 17.1. The zero-order valence-electron chi connectivity index (χ0n) is 13.5. The number of hydrogen-bond donors (Lipinski definition) is 1. The Morgan fingerprint density at radius 1 is 1.36 bits per heavy atom. The molecule has 3 heterocycles. The molecule has 0 radical (unpaired) electrons. The Kier molecular flexibility index (Phi) is 4.52. The number of amides is 1. The lowest BCUT2D eigenvalue weighted by molar-refractivity contribution is -0.121. The van der Waals surface area contributed by atoms with Gasteiger partial charge < -0.3 is 0 Å². The lowest BCUT2D eigenvalue weighted by Crippen LogP contribution is -2.52. The van der Waals surface area contributed by atoms with Gasteiger partial charge in [0.05, 0.1) is 6.20 Å². The highest BCUT2D eigenvalue weighted by atomic mass is 32.2. The fourth-order valence-corrected chi connectivity index (χ4v) is 3.87. The highest BCUT2D eigenvalue weighted by molar-refractivity contribution is 7.89. The number of rotatable bonds is 4. The second-order valence-electron chi connectivity index (χ2n) is 5.61. The molecule has 9 nitrogen and oxygen atoms in total. The molecule has 1 unspecified atom stereocenters. The molecule has 0 aromatic carbocycles. The van der Waals surface area contributed by atoms with Gasteiger partial charge in [-0.1, -0.05) is 0 Å². The molecule has 130 valence electrons. The van der Waals surface area contributed by atoms with Crippen LogP contribution >= 0.6 is 0 Å². The van der Waals surface area contributed by atoms with Gasteiger partial charge in [0.15, 0.2) is 0 Å². The van der Waals surface area contributed by atoms with Crippen molar-refractivity contribution < 1.29 is 13.2 Å². The number of anilines is 1. The molecule has 0 aliphatic carbocycles. The standard InChI is InChI=1S/C15H16N6O3S/c1-20-14(6-7-18-20)21-8-2-3-13(15(21)22)19-25(23,24)12-5-4-11(9-16)17-10-12/h4-7,10,13,19H,2-3,8H2,1H3. The maximum Gasteiger partial charge on any atom is 0.246 e. The first-order valence-corrected chi connectivity index (χ1v) is 9.08. The normalized spacial score (nSPS) is 18.2. The molecule has 10 heteroatoms. The van der Waals surface area contributed by atoms with Crippen LogP contribution in [0.1, 0.15) is 18.5 Å². The SMILES string of the molecule is Cn1nccc1N1CCCC(NS(=O)(=O)c2ccc(C#N)nc2)C1=O. The summed E-state index contributed by atoms with van der Waals surface area (Å²) in [5, 5.41) is 12.8. The number of nitrogens with zero attached hydrogens (tertiary/aromatic N) is 5. The molecule has 2 aromatic heterocycles. The zero-order chi connectivity index (χ0) is 18.0. The average molecular weight is 360 g/mol. The predicted molar refractivity (Wildman–Crippen MR) is 87.9 cm³/mol. The molecule has 1 aliphatic heterocycles. The molecule has 0 spiro atoms. The first-order valence-electron chi connectivity index (χ1n) is 7.60. The number of pyridine rings is 1. The van der Waals surface area contributed by atoms with E-state index in [9.17, 15) is 13.2 Å². The number of aryl methyl sites for hydroxylation is 1. The van der Waals surface area contributed by atoms with Gasteiger partial charge in [-0.3, -0.25) is 14.4 Å².